The van der Waals surface area contributed by atoms with Gasteiger partial charge in [-0.25, -0.2) is 0 Å². The summed E-state index contributed by atoms with van der Waals surface area (Å²) < 4.78 is 15.8. The number of aryl methyl sites for hydroxylation is 1. The van der Waals surface area contributed by atoms with Crippen molar-refractivity contribution >= 4 is 0 Å². The first-order valence-corrected chi connectivity index (χ1v) is 5.57. The third-order valence-corrected chi connectivity index (χ3v) is 2.22. The lowest BCUT2D eigenvalue weighted by Crippen LogP contribution is -2.30. The lowest BCUT2D eigenvalue weighted by molar-refractivity contribution is 0.0606. The van der Waals surface area contributed by atoms with Gasteiger partial charge in [-0.1, -0.05) is 0 Å². The second-order valence-corrected chi connectivity index (χ2v) is 3.86. The van der Waals surface area contributed by atoms with Crippen LogP contribution >= 0.6 is 0 Å². The van der Waals surface area contributed by atoms with Crippen LogP contribution in [0.15, 0.2) is 16.5 Å². The van der Waals surface area contributed by atoms with E-state index >= 15 is 0 Å². The number of hydrogen-bond acceptors (Lipinski definition) is 4. The van der Waals surface area contributed by atoms with Crippen LogP contribution in [-0.2, 0) is 16.0 Å². The van der Waals surface area contributed by atoms with Crippen molar-refractivity contribution in [1.82, 2.24) is 5.32 Å². The fourth-order valence-electron chi connectivity index (χ4n) is 1.32. The van der Waals surface area contributed by atoms with Crippen molar-refractivity contribution in [1.29, 1.82) is 0 Å². The van der Waals surface area contributed by atoms with E-state index in [9.17, 15) is 0 Å². The van der Waals surface area contributed by atoms with Crippen LogP contribution in [-0.4, -0.2) is 33.0 Å². The van der Waals surface area contributed by atoms with Gasteiger partial charge < -0.3 is 19.2 Å². The second kappa shape index (κ2) is 7.44. The van der Waals surface area contributed by atoms with E-state index in [4.69, 9.17) is 13.9 Å². The van der Waals surface area contributed by atoms with Gasteiger partial charge in [-0.2, -0.15) is 0 Å². The predicted octanol–water partition coefficient (Wildman–Crippen LogP) is 1.73. The van der Waals surface area contributed by atoms with Crippen LogP contribution in [0.5, 0.6) is 0 Å². The normalized spacial score (nSPS) is 12.9. The molecule has 4 heteroatoms. The monoisotopic (exact) mass is 227 g/mol. The summed E-state index contributed by atoms with van der Waals surface area (Å²) >= 11 is 0. The molecule has 0 amide bonds. The number of nitrogens with one attached hydrogen (secondary N) is 1. The van der Waals surface area contributed by atoms with Gasteiger partial charge in [-0.05, 0) is 26.0 Å². The molecule has 0 aromatic carbocycles. The number of methoxy groups -OCH3 is 1. The van der Waals surface area contributed by atoms with E-state index < -0.39 is 0 Å². The molecule has 0 aliphatic rings. The zero-order chi connectivity index (χ0) is 11.8. The minimum atomic E-state index is 0.308. The Labute approximate surface area is 96.9 Å². The Morgan fingerprint density at radius 1 is 1.38 bits per heavy atom. The molecule has 92 valence electrons. The second-order valence-electron chi connectivity index (χ2n) is 3.86. The molecular weight excluding hydrogens is 206 g/mol. The molecule has 0 aliphatic heterocycles. The van der Waals surface area contributed by atoms with E-state index in [2.05, 4.69) is 12.2 Å². The molecule has 1 aromatic rings. The third kappa shape index (κ3) is 5.30. The van der Waals surface area contributed by atoms with Crippen LogP contribution in [0.1, 0.15) is 18.4 Å². The molecule has 0 radical (unpaired) electrons. The van der Waals surface area contributed by atoms with E-state index in [-0.39, 0.29) is 0 Å². The van der Waals surface area contributed by atoms with Gasteiger partial charge in [-0.3, -0.25) is 0 Å². The molecule has 0 fully saturated rings. The number of hydrogen-bond donors (Lipinski definition) is 1. The maximum absolute atomic E-state index is 5.45. The zero-order valence-electron chi connectivity index (χ0n) is 10.3. The molecule has 1 N–H and O–H groups in total. The maximum Gasteiger partial charge on any atom is 0.117 e. The number of furan rings is 1. The Bertz CT molecular complexity index is 286. The molecule has 0 aliphatic carbocycles. The summed E-state index contributed by atoms with van der Waals surface area (Å²) in [6.45, 7) is 6.74. The molecule has 0 spiro atoms. The lowest BCUT2D eigenvalue weighted by atomic mass is 10.3. The Balaban J connectivity index is 2.08. The minimum absolute atomic E-state index is 0.308. The van der Waals surface area contributed by atoms with Gasteiger partial charge >= 0.3 is 0 Å². The average molecular weight is 227 g/mol. The van der Waals surface area contributed by atoms with Crippen molar-refractivity contribution < 1.29 is 13.9 Å². The fourth-order valence-corrected chi connectivity index (χ4v) is 1.32. The minimum Gasteiger partial charge on any atom is -0.465 e. The van der Waals surface area contributed by atoms with Gasteiger partial charge in [0.15, 0.2) is 0 Å². The first-order chi connectivity index (χ1) is 7.72. The van der Waals surface area contributed by atoms with Crippen LogP contribution in [0.2, 0.25) is 0 Å². The van der Waals surface area contributed by atoms with Crippen molar-refractivity contribution in [2.75, 3.05) is 26.9 Å². The highest BCUT2D eigenvalue weighted by Crippen LogP contribution is 2.05. The van der Waals surface area contributed by atoms with E-state index in [0.29, 0.717) is 25.9 Å². The molecule has 1 heterocycles. The average Bonchev–Trinajstić information content (AvgIpc) is 2.68. The van der Waals surface area contributed by atoms with Crippen LogP contribution < -0.4 is 5.32 Å². The van der Waals surface area contributed by atoms with E-state index in [1.54, 1.807) is 7.11 Å². The van der Waals surface area contributed by atoms with Crippen molar-refractivity contribution in [2.45, 2.75) is 26.4 Å². The molecule has 16 heavy (non-hydrogen) atoms. The molecule has 1 unspecified atom stereocenters. The molecular formula is C12H21NO3. The fraction of sp³-hybridized carbons (Fsp3) is 0.667. The summed E-state index contributed by atoms with van der Waals surface area (Å²) in [4.78, 5) is 0. The topological polar surface area (TPSA) is 43.6 Å². The molecule has 1 rings (SSSR count). The summed E-state index contributed by atoms with van der Waals surface area (Å²) in [7, 11) is 1.67. The summed E-state index contributed by atoms with van der Waals surface area (Å²) in [5.74, 6) is 1.90. The molecule has 1 aromatic heterocycles. The number of ether oxygens (including phenoxy) is 2. The summed E-state index contributed by atoms with van der Waals surface area (Å²) in [6, 6.07) is 4.26. The zero-order valence-corrected chi connectivity index (χ0v) is 10.3. The van der Waals surface area contributed by atoms with Crippen molar-refractivity contribution in [3.05, 3.63) is 23.7 Å². The molecule has 1 atom stereocenters. The maximum atomic E-state index is 5.45. The van der Waals surface area contributed by atoms with Crippen molar-refractivity contribution in [2.24, 2.45) is 0 Å². The third-order valence-electron chi connectivity index (χ3n) is 2.22. The van der Waals surface area contributed by atoms with E-state index in [0.717, 1.165) is 18.1 Å². The SMILES string of the molecule is COCCOCC(C)NCc1ccc(C)o1. The Morgan fingerprint density at radius 3 is 2.81 bits per heavy atom. The predicted molar refractivity (Wildman–Crippen MR) is 62.4 cm³/mol. The van der Waals surface area contributed by atoms with Crippen LogP contribution in [0.25, 0.3) is 0 Å². The van der Waals surface area contributed by atoms with Gasteiger partial charge in [0.1, 0.15) is 11.5 Å². The largest absolute Gasteiger partial charge is 0.465 e. The first-order valence-electron chi connectivity index (χ1n) is 5.57. The summed E-state index contributed by atoms with van der Waals surface area (Å²) in [5.41, 5.74) is 0. The van der Waals surface area contributed by atoms with Crippen LogP contribution in [0, 0.1) is 6.92 Å². The Kier molecular flexibility index (Phi) is 6.15. The van der Waals surface area contributed by atoms with Gasteiger partial charge in [0.25, 0.3) is 0 Å². The van der Waals surface area contributed by atoms with E-state index in [1.807, 2.05) is 19.1 Å². The first kappa shape index (κ1) is 13.2. The van der Waals surface area contributed by atoms with Crippen LogP contribution in [0.3, 0.4) is 0 Å². The van der Waals surface area contributed by atoms with Gasteiger partial charge in [0.05, 0.1) is 26.4 Å². The van der Waals surface area contributed by atoms with Gasteiger partial charge in [-0.15, -0.1) is 0 Å². The molecule has 0 saturated heterocycles. The highest BCUT2D eigenvalue weighted by molar-refractivity contribution is 5.05. The standard InChI is InChI=1S/C12H21NO3/c1-10(9-15-7-6-14-3)13-8-12-5-4-11(2)16-12/h4-5,10,13H,6-9H2,1-3H3. The van der Waals surface area contributed by atoms with Crippen LogP contribution in [0.4, 0.5) is 0 Å². The van der Waals surface area contributed by atoms with E-state index in [1.165, 1.54) is 0 Å². The van der Waals surface area contributed by atoms with Crippen molar-refractivity contribution in [3.63, 3.8) is 0 Å². The molecule has 0 bridgehead atoms. The van der Waals surface area contributed by atoms with Gasteiger partial charge in [0.2, 0.25) is 0 Å². The highest BCUT2D eigenvalue weighted by atomic mass is 16.5. The lowest BCUT2D eigenvalue weighted by Gasteiger charge is -2.12. The summed E-state index contributed by atoms with van der Waals surface area (Å²) in [5, 5.41) is 3.33. The Morgan fingerprint density at radius 2 is 2.19 bits per heavy atom. The Hall–Kier alpha value is -0.840. The summed E-state index contributed by atoms with van der Waals surface area (Å²) in [6.07, 6.45) is 0. The molecule has 0 saturated carbocycles. The smallest absolute Gasteiger partial charge is 0.117 e. The quantitative estimate of drug-likeness (QED) is 0.687. The number of rotatable bonds is 8. The van der Waals surface area contributed by atoms with Crippen molar-refractivity contribution in [3.8, 4) is 0 Å². The van der Waals surface area contributed by atoms with Gasteiger partial charge in [0, 0.05) is 13.2 Å². The molecule has 4 nitrogen and oxygen atoms in total. The highest BCUT2D eigenvalue weighted by Gasteiger charge is 2.03.